The van der Waals surface area contributed by atoms with Gasteiger partial charge in [-0.15, -0.1) is 0 Å². The Labute approximate surface area is 89.2 Å². The number of aliphatic imine (C=N–C) groups is 1. The van der Waals surface area contributed by atoms with Crippen LogP contribution in [0.3, 0.4) is 0 Å². The van der Waals surface area contributed by atoms with Crippen molar-refractivity contribution in [2.75, 3.05) is 7.05 Å². The first kappa shape index (κ1) is 12.7. The topological polar surface area (TPSA) is 39.5 Å². The van der Waals surface area contributed by atoms with Gasteiger partial charge in [0.2, 0.25) is 10.6 Å². The van der Waals surface area contributed by atoms with Crippen LogP contribution in [0, 0.1) is 5.41 Å². The normalized spacial score (nSPS) is 14.1. The molecule has 0 aliphatic carbocycles. The molecular weight excluding hydrogens is 209 g/mol. The summed E-state index contributed by atoms with van der Waals surface area (Å²) in [5.41, 5.74) is 0. The molecule has 0 aromatic carbocycles. The Morgan fingerprint density at radius 1 is 1.54 bits per heavy atom. The van der Waals surface area contributed by atoms with Crippen molar-refractivity contribution >= 4 is 33.8 Å². The second-order valence-corrected chi connectivity index (χ2v) is 3.62. The van der Waals surface area contributed by atoms with Crippen molar-refractivity contribution in [2.45, 2.75) is 32.7 Å². The van der Waals surface area contributed by atoms with Gasteiger partial charge >= 0.3 is 0 Å². The summed E-state index contributed by atoms with van der Waals surface area (Å²) in [7, 11) is 1.84. The van der Waals surface area contributed by atoms with E-state index in [0.717, 1.165) is 12.8 Å². The van der Waals surface area contributed by atoms with Crippen LogP contribution in [0.4, 0.5) is 0 Å². The first-order valence-electron chi connectivity index (χ1n) is 4.20. The predicted molar refractivity (Wildman–Crippen MR) is 59.0 cm³/mol. The minimum atomic E-state index is -0.291. The van der Waals surface area contributed by atoms with Gasteiger partial charge in [-0.2, -0.15) is 4.99 Å². The highest BCUT2D eigenvalue weighted by molar-refractivity contribution is 6.70. The van der Waals surface area contributed by atoms with Crippen molar-refractivity contribution < 1.29 is 0 Å². The van der Waals surface area contributed by atoms with Gasteiger partial charge in [-0.05, 0) is 36.5 Å². The summed E-state index contributed by atoms with van der Waals surface area (Å²) in [6.45, 7) is 4.16. The largest absolute Gasteiger partial charge is 0.347 e. The lowest BCUT2D eigenvalue weighted by molar-refractivity contribution is 0.372. The summed E-state index contributed by atoms with van der Waals surface area (Å²) in [5.74, 6) is 0. The average molecular weight is 224 g/mol. The molecule has 0 bridgehead atoms. The standard InChI is InChI=1S/C8H15Cl2N3/c1-4-5-6(2)13(3)8(10)12-7(9)11/h6,11H,4-5H2,1-3H3. The van der Waals surface area contributed by atoms with Crippen molar-refractivity contribution in [1.82, 2.24) is 4.90 Å². The van der Waals surface area contributed by atoms with E-state index in [1.807, 2.05) is 11.9 Å². The molecule has 1 unspecified atom stereocenters. The molecule has 1 N–H and O–H groups in total. The molecule has 76 valence electrons. The van der Waals surface area contributed by atoms with Gasteiger partial charge in [0.25, 0.3) is 0 Å². The lowest BCUT2D eigenvalue weighted by Crippen LogP contribution is -2.32. The summed E-state index contributed by atoms with van der Waals surface area (Å²) in [6, 6.07) is 0.317. The van der Waals surface area contributed by atoms with Gasteiger partial charge in [0.1, 0.15) is 0 Å². The maximum absolute atomic E-state index is 6.93. The third kappa shape index (κ3) is 5.11. The van der Waals surface area contributed by atoms with E-state index < -0.39 is 0 Å². The lowest BCUT2D eigenvalue weighted by atomic mass is 10.2. The number of amidine groups is 2. The number of hydrogen-bond acceptors (Lipinski definition) is 1. The van der Waals surface area contributed by atoms with Gasteiger partial charge in [0.15, 0.2) is 0 Å². The van der Waals surface area contributed by atoms with Crippen molar-refractivity contribution in [1.29, 1.82) is 5.41 Å². The molecule has 0 aliphatic rings. The lowest BCUT2D eigenvalue weighted by Gasteiger charge is -2.24. The molecule has 0 aromatic heterocycles. The minimum Gasteiger partial charge on any atom is -0.347 e. The van der Waals surface area contributed by atoms with Gasteiger partial charge in [-0.1, -0.05) is 13.3 Å². The molecule has 0 rings (SSSR count). The molecule has 0 heterocycles. The predicted octanol–water partition coefficient (Wildman–Crippen LogP) is 2.88. The molecule has 1 atom stereocenters. The monoisotopic (exact) mass is 223 g/mol. The number of nitrogens with one attached hydrogen (secondary N) is 1. The van der Waals surface area contributed by atoms with E-state index in [9.17, 15) is 0 Å². The molecule has 0 spiro atoms. The highest BCUT2D eigenvalue weighted by Crippen LogP contribution is 2.07. The fraction of sp³-hybridized carbons (Fsp3) is 0.750. The van der Waals surface area contributed by atoms with Crippen LogP contribution < -0.4 is 0 Å². The van der Waals surface area contributed by atoms with Crippen LogP contribution in [0.25, 0.3) is 0 Å². The molecule has 0 radical (unpaired) electrons. The third-order valence-corrected chi connectivity index (χ3v) is 2.28. The molecule has 0 amide bonds. The van der Waals surface area contributed by atoms with E-state index in [2.05, 4.69) is 18.8 Å². The van der Waals surface area contributed by atoms with Crippen LogP contribution in [0.5, 0.6) is 0 Å². The van der Waals surface area contributed by atoms with E-state index >= 15 is 0 Å². The molecule has 13 heavy (non-hydrogen) atoms. The molecule has 0 saturated carbocycles. The molecule has 0 aliphatic heterocycles. The first-order chi connectivity index (χ1) is 5.99. The molecule has 5 heteroatoms. The van der Waals surface area contributed by atoms with Crippen molar-refractivity contribution in [3.8, 4) is 0 Å². The van der Waals surface area contributed by atoms with Gasteiger partial charge in [-0.3, -0.25) is 5.41 Å². The Morgan fingerprint density at radius 2 is 2.08 bits per heavy atom. The quantitative estimate of drug-likeness (QED) is 0.447. The summed E-state index contributed by atoms with van der Waals surface area (Å²) >= 11 is 11.1. The minimum absolute atomic E-state index is 0.265. The van der Waals surface area contributed by atoms with Gasteiger partial charge in [-0.25, -0.2) is 0 Å². The highest BCUT2D eigenvalue weighted by atomic mass is 35.5. The SMILES string of the molecule is CCCC(C)N(C)C(Cl)=NC(=N)Cl. The van der Waals surface area contributed by atoms with Crippen LogP contribution in [0.15, 0.2) is 4.99 Å². The fourth-order valence-electron chi connectivity index (χ4n) is 0.953. The Kier molecular flexibility index (Phi) is 6.08. The van der Waals surface area contributed by atoms with Crippen LogP contribution >= 0.6 is 23.2 Å². The van der Waals surface area contributed by atoms with Crippen LogP contribution in [-0.4, -0.2) is 28.6 Å². The van der Waals surface area contributed by atoms with Crippen LogP contribution in [-0.2, 0) is 0 Å². The van der Waals surface area contributed by atoms with Crippen molar-refractivity contribution in [2.24, 2.45) is 4.99 Å². The van der Waals surface area contributed by atoms with Gasteiger partial charge in [0.05, 0.1) is 0 Å². The molecule has 0 fully saturated rings. The van der Waals surface area contributed by atoms with Crippen LogP contribution in [0.2, 0.25) is 0 Å². The second-order valence-electron chi connectivity index (χ2n) is 2.92. The highest BCUT2D eigenvalue weighted by Gasteiger charge is 2.11. The van der Waals surface area contributed by atoms with Crippen molar-refractivity contribution in [3.05, 3.63) is 0 Å². The Hall–Kier alpha value is -0.280. The fourth-order valence-corrected chi connectivity index (χ4v) is 1.33. The summed E-state index contributed by atoms with van der Waals surface area (Å²) < 4.78 is 0. The number of halogens is 2. The van der Waals surface area contributed by atoms with E-state index in [-0.39, 0.29) is 10.6 Å². The number of hydrogen-bond donors (Lipinski definition) is 1. The molecular formula is C8H15Cl2N3. The van der Waals surface area contributed by atoms with E-state index in [1.54, 1.807) is 0 Å². The Balaban J connectivity index is 4.23. The third-order valence-electron chi connectivity index (χ3n) is 1.85. The summed E-state index contributed by atoms with van der Waals surface area (Å²) in [6.07, 6.45) is 2.13. The summed E-state index contributed by atoms with van der Waals surface area (Å²) in [5, 5.41) is 6.90. The zero-order valence-corrected chi connectivity index (χ0v) is 9.65. The maximum atomic E-state index is 6.93. The average Bonchev–Trinajstić information content (AvgIpc) is 2.02. The zero-order chi connectivity index (χ0) is 10.4. The number of rotatable bonds is 3. The number of nitrogens with zero attached hydrogens (tertiary/aromatic N) is 2. The van der Waals surface area contributed by atoms with Gasteiger partial charge in [0, 0.05) is 13.1 Å². The van der Waals surface area contributed by atoms with E-state index in [0.29, 0.717) is 6.04 Å². The second kappa shape index (κ2) is 6.22. The summed E-state index contributed by atoms with van der Waals surface area (Å²) in [4.78, 5) is 5.44. The van der Waals surface area contributed by atoms with E-state index in [1.165, 1.54) is 0 Å². The van der Waals surface area contributed by atoms with Gasteiger partial charge < -0.3 is 4.90 Å². The smallest absolute Gasteiger partial charge is 0.217 e. The van der Waals surface area contributed by atoms with Crippen molar-refractivity contribution in [3.63, 3.8) is 0 Å². The maximum Gasteiger partial charge on any atom is 0.217 e. The molecule has 0 aromatic rings. The Morgan fingerprint density at radius 3 is 2.46 bits per heavy atom. The Bertz CT molecular complexity index is 204. The zero-order valence-electron chi connectivity index (χ0n) is 8.14. The molecule has 0 saturated heterocycles. The molecule has 3 nitrogen and oxygen atoms in total. The van der Waals surface area contributed by atoms with E-state index in [4.69, 9.17) is 28.6 Å². The first-order valence-corrected chi connectivity index (χ1v) is 4.95. The van der Waals surface area contributed by atoms with Crippen LogP contribution in [0.1, 0.15) is 26.7 Å².